The molecule has 0 saturated carbocycles. The van der Waals surface area contributed by atoms with E-state index >= 15 is 0 Å². The first kappa shape index (κ1) is 17.0. The Kier molecular flexibility index (Phi) is 5.24. The Labute approximate surface area is 133 Å². The topological polar surface area (TPSA) is 57.7 Å². The van der Waals surface area contributed by atoms with Crippen molar-refractivity contribution < 1.29 is 13.2 Å². The highest BCUT2D eigenvalue weighted by atomic mass is 32.2. The lowest BCUT2D eigenvalue weighted by molar-refractivity contribution is -0.134. The van der Waals surface area contributed by atoms with Gasteiger partial charge in [0.2, 0.25) is 15.9 Å². The van der Waals surface area contributed by atoms with Gasteiger partial charge < -0.3 is 4.90 Å². The van der Waals surface area contributed by atoms with Gasteiger partial charge in [0.05, 0.1) is 5.75 Å². The third-order valence-corrected chi connectivity index (χ3v) is 5.96. The fourth-order valence-corrected chi connectivity index (χ4v) is 4.30. The van der Waals surface area contributed by atoms with Crippen molar-refractivity contribution >= 4 is 15.9 Å². The molecular weight excluding hydrogens is 300 g/mol. The summed E-state index contributed by atoms with van der Waals surface area (Å²) in [5.41, 5.74) is 1.92. The largest absolute Gasteiger partial charge is 0.349 e. The molecular formula is C16H24N2O3S. The number of sulfonamides is 1. The van der Waals surface area contributed by atoms with Gasteiger partial charge in [0.25, 0.3) is 0 Å². The van der Waals surface area contributed by atoms with Gasteiger partial charge in [0.1, 0.15) is 0 Å². The molecule has 122 valence electrons. The van der Waals surface area contributed by atoms with Crippen molar-refractivity contribution in [3.63, 3.8) is 0 Å². The molecule has 0 atom stereocenters. The van der Waals surface area contributed by atoms with Crippen molar-refractivity contribution in [3.05, 3.63) is 35.4 Å². The smallest absolute Gasteiger partial charge is 0.225 e. The van der Waals surface area contributed by atoms with Crippen LogP contribution in [0.2, 0.25) is 0 Å². The zero-order valence-electron chi connectivity index (χ0n) is 13.4. The zero-order chi connectivity index (χ0) is 16.3. The molecule has 0 N–H and O–H groups in total. The summed E-state index contributed by atoms with van der Waals surface area (Å²) in [5, 5.41) is 0. The highest BCUT2D eigenvalue weighted by Crippen LogP contribution is 2.22. The number of hydrogen-bond donors (Lipinski definition) is 0. The maximum Gasteiger partial charge on any atom is 0.225 e. The van der Waals surface area contributed by atoms with Crippen LogP contribution < -0.4 is 0 Å². The van der Waals surface area contributed by atoms with Crippen LogP contribution in [0.4, 0.5) is 0 Å². The molecule has 1 amide bonds. The van der Waals surface area contributed by atoms with Crippen molar-refractivity contribution in [1.29, 1.82) is 0 Å². The van der Waals surface area contributed by atoms with Gasteiger partial charge in [-0.05, 0) is 25.3 Å². The molecule has 1 aliphatic rings. The third-order valence-electron chi connectivity index (χ3n) is 4.11. The van der Waals surface area contributed by atoms with E-state index in [1.165, 1.54) is 4.31 Å². The van der Waals surface area contributed by atoms with E-state index in [4.69, 9.17) is 0 Å². The summed E-state index contributed by atoms with van der Waals surface area (Å²) < 4.78 is 26.5. The molecule has 5 nitrogen and oxygen atoms in total. The zero-order valence-corrected chi connectivity index (χ0v) is 14.3. The van der Waals surface area contributed by atoms with Gasteiger partial charge in [-0.1, -0.05) is 29.8 Å². The van der Waals surface area contributed by atoms with Gasteiger partial charge in [-0.15, -0.1) is 0 Å². The van der Waals surface area contributed by atoms with Gasteiger partial charge in [-0.2, -0.15) is 0 Å². The number of rotatable bonds is 4. The van der Waals surface area contributed by atoms with E-state index in [0.717, 1.165) is 11.1 Å². The molecule has 0 aliphatic carbocycles. The number of aryl methyl sites for hydroxylation is 1. The summed E-state index contributed by atoms with van der Waals surface area (Å²) in [6.45, 7) is 2.84. The fourth-order valence-electron chi connectivity index (χ4n) is 2.73. The second kappa shape index (κ2) is 6.79. The molecule has 1 aliphatic heterocycles. The van der Waals surface area contributed by atoms with Gasteiger partial charge in [0.15, 0.2) is 0 Å². The normalized spacial score (nSPS) is 17.4. The number of carbonyl (C=O) groups excluding carboxylic acids is 1. The molecule has 0 radical (unpaired) electrons. The molecule has 1 fully saturated rings. The summed E-state index contributed by atoms with van der Waals surface area (Å²) in [5.74, 6) is 0.0657. The number of benzene rings is 1. The molecule has 1 aromatic rings. The molecule has 1 aromatic carbocycles. The minimum absolute atomic E-state index is 0.0274. The van der Waals surface area contributed by atoms with Crippen molar-refractivity contribution in [2.75, 3.05) is 27.2 Å². The van der Waals surface area contributed by atoms with Crippen LogP contribution in [0.1, 0.15) is 24.0 Å². The van der Waals surface area contributed by atoms with Crippen LogP contribution in [0.3, 0.4) is 0 Å². The maximum absolute atomic E-state index is 12.5. The lowest BCUT2D eigenvalue weighted by Gasteiger charge is -2.31. The van der Waals surface area contributed by atoms with E-state index in [1.54, 1.807) is 19.0 Å². The van der Waals surface area contributed by atoms with Crippen LogP contribution in [-0.4, -0.2) is 50.7 Å². The first-order chi connectivity index (χ1) is 10.3. The van der Waals surface area contributed by atoms with E-state index in [-0.39, 0.29) is 17.6 Å². The second-order valence-corrected chi connectivity index (χ2v) is 8.12. The van der Waals surface area contributed by atoms with Crippen LogP contribution in [0.25, 0.3) is 0 Å². The number of nitrogens with zero attached hydrogens (tertiary/aromatic N) is 2. The van der Waals surface area contributed by atoms with Gasteiger partial charge >= 0.3 is 0 Å². The predicted molar refractivity (Wildman–Crippen MR) is 86.8 cm³/mol. The van der Waals surface area contributed by atoms with Gasteiger partial charge in [-0.3, -0.25) is 4.79 Å². The van der Waals surface area contributed by atoms with Gasteiger partial charge in [-0.25, -0.2) is 12.7 Å². The number of carbonyl (C=O) groups is 1. The summed E-state index contributed by atoms with van der Waals surface area (Å²) >= 11 is 0. The monoisotopic (exact) mass is 324 g/mol. The van der Waals surface area contributed by atoms with E-state index < -0.39 is 10.0 Å². The molecule has 1 saturated heterocycles. The number of hydrogen-bond acceptors (Lipinski definition) is 3. The summed E-state index contributed by atoms with van der Waals surface area (Å²) in [6, 6.07) is 7.56. The first-order valence-electron chi connectivity index (χ1n) is 7.54. The Morgan fingerprint density at radius 3 is 2.23 bits per heavy atom. The number of amides is 1. The van der Waals surface area contributed by atoms with E-state index in [2.05, 4.69) is 0 Å². The molecule has 2 rings (SSSR count). The maximum atomic E-state index is 12.5. The van der Waals surface area contributed by atoms with Crippen LogP contribution >= 0.6 is 0 Å². The molecule has 22 heavy (non-hydrogen) atoms. The average Bonchev–Trinajstić information content (AvgIpc) is 2.48. The van der Waals surface area contributed by atoms with Crippen LogP contribution in [-0.2, 0) is 20.6 Å². The molecule has 6 heteroatoms. The fraction of sp³-hybridized carbons (Fsp3) is 0.562. The Bertz CT molecular complexity index is 615. The van der Waals surface area contributed by atoms with E-state index in [9.17, 15) is 13.2 Å². The van der Waals surface area contributed by atoms with Gasteiger partial charge in [0, 0.05) is 33.1 Å². The van der Waals surface area contributed by atoms with Crippen molar-refractivity contribution in [1.82, 2.24) is 9.21 Å². The Hall–Kier alpha value is -1.40. The predicted octanol–water partition coefficient (Wildman–Crippen LogP) is 1.63. The van der Waals surface area contributed by atoms with Crippen LogP contribution in [0.15, 0.2) is 24.3 Å². The second-order valence-electron chi connectivity index (χ2n) is 6.15. The van der Waals surface area contributed by atoms with E-state index in [0.29, 0.717) is 25.9 Å². The Balaban J connectivity index is 1.97. The SMILES string of the molecule is Cc1ccc(CS(=O)(=O)N2CCC(C(=O)N(C)C)CC2)cc1. The lowest BCUT2D eigenvalue weighted by Crippen LogP contribution is -2.43. The third kappa shape index (κ3) is 4.08. The lowest BCUT2D eigenvalue weighted by atomic mass is 9.97. The minimum Gasteiger partial charge on any atom is -0.349 e. The minimum atomic E-state index is -3.31. The van der Waals surface area contributed by atoms with Crippen molar-refractivity contribution in [2.24, 2.45) is 5.92 Å². The summed E-state index contributed by atoms with van der Waals surface area (Å²) in [4.78, 5) is 13.5. The average molecular weight is 324 g/mol. The summed E-state index contributed by atoms with van der Waals surface area (Å²) in [6.07, 6.45) is 1.20. The van der Waals surface area contributed by atoms with Crippen molar-refractivity contribution in [2.45, 2.75) is 25.5 Å². The van der Waals surface area contributed by atoms with E-state index in [1.807, 2.05) is 31.2 Å². The molecule has 1 heterocycles. The Morgan fingerprint density at radius 1 is 1.18 bits per heavy atom. The standard InChI is InChI=1S/C16H24N2O3S/c1-13-4-6-14(7-5-13)12-22(20,21)18-10-8-15(9-11-18)16(19)17(2)3/h4-7,15H,8-12H2,1-3H3. The van der Waals surface area contributed by atoms with Crippen molar-refractivity contribution in [3.8, 4) is 0 Å². The highest BCUT2D eigenvalue weighted by Gasteiger charge is 2.31. The quantitative estimate of drug-likeness (QED) is 0.846. The molecule has 0 spiro atoms. The molecule has 0 unspecified atom stereocenters. The highest BCUT2D eigenvalue weighted by molar-refractivity contribution is 7.88. The first-order valence-corrected chi connectivity index (χ1v) is 9.15. The number of piperidine rings is 1. The Morgan fingerprint density at radius 2 is 1.73 bits per heavy atom. The van der Waals surface area contributed by atoms with Crippen LogP contribution in [0, 0.1) is 12.8 Å². The molecule has 0 aromatic heterocycles. The van der Waals surface area contributed by atoms with Crippen LogP contribution in [0.5, 0.6) is 0 Å². The summed E-state index contributed by atoms with van der Waals surface area (Å²) in [7, 11) is 0.168. The molecule has 0 bridgehead atoms.